The zero-order valence-electron chi connectivity index (χ0n) is 17.5. The zero-order chi connectivity index (χ0) is 21.8. The molecule has 0 N–H and O–H groups in total. The fourth-order valence-corrected chi connectivity index (χ4v) is 4.53. The van der Waals surface area contributed by atoms with Crippen molar-refractivity contribution >= 4 is 28.7 Å². The van der Waals surface area contributed by atoms with Gasteiger partial charge >= 0.3 is 0 Å². The summed E-state index contributed by atoms with van der Waals surface area (Å²) in [5.41, 5.74) is 5.39. The predicted molar refractivity (Wildman–Crippen MR) is 127 cm³/mol. The summed E-state index contributed by atoms with van der Waals surface area (Å²) in [6.45, 7) is 0.873. The Kier molecular flexibility index (Phi) is 6.66. The van der Waals surface area contributed by atoms with E-state index in [2.05, 4.69) is 60.6 Å². The number of rotatable bonds is 8. The number of nitrogens with zero attached hydrogens (tertiary/aromatic N) is 2. The molecule has 31 heavy (non-hydrogen) atoms. The van der Waals surface area contributed by atoms with Crippen LogP contribution in [0.3, 0.4) is 0 Å². The third-order valence-electron chi connectivity index (χ3n) is 4.98. The number of aryl methyl sites for hydroxylation is 1. The molecular weight excluding hydrogens is 428 g/mol. The maximum Gasteiger partial charge on any atom is 0.173 e. The van der Waals surface area contributed by atoms with Crippen LogP contribution in [0, 0.1) is 0 Å². The average molecular weight is 451 g/mol. The summed E-state index contributed by atoms with van der Waals surface area (Å²) in [6.07, 6.45) is 0.871. The van der Waals surface area contributed by atoms with Gasteiger partial charge in [0, 0.05) is 31.0 Å². The molecule has 0 unspecified atom stereocenters. The van der Waals surface area contributed by atoms with E-state index in [9.17, 15) is 4.79 Å². The van der Waals surface area contributed by atoms with Gasteiger partial charge in [-0.3, -0.25) is 4.79 Å². The lowest BCUT2D eigenvalue weighted by molar-refractivity contribution is 0.0984. The average Bonchev–Trinajstić information content (AvgIpc) is 3.41. The van der Waals surface area contributed by atoms with Crippen molar-refractivity contribution in [3.8, 4) is 22.4 Å². The molecule has 0 atom stereocenters. The molecule has 0 saturated carbocycles. The second-order valence-corrected chi connectivity index (χ2v) is 9.40. The molecule has 0 radical (unpaired) electrons. The number of ketones is 1. The highest BCUT2D eigenvalue weighted by atomic mass is 35.5. The summed E-state index contributed by atoms with van der Waals surface area (Å²) in [5, 5.41) is 4.23. The maximum atomic E-state index is 12.3. The van der Waals surface area contributed by atoms with Crippen LogP contribution in [-0.2, 0) is 13.0 Å². The lowest BCUT2D eigenvalue weighted by atomic mass is 9.97. The number of benzene rings is 2. The summed E-state index contributed by atoms with van der Waals surface area (Å²) in [4.78, 5) is 15.1. The van der Waals surface area contributed by atoms with Gasteiger partial charge < -0.3 is 9.42 Å². The molecule has 2 aromatic carbocycles. The Morgan fingerprint density at radius 1 is 1.03 bits per heavy atom. The molecule has 0 spiro atoms. The highest BCUT2D eigenvalue weighted by Gasteiger charge is 2.13. The number of thiophene rings is 1. The highest BCUT2D eigenvalue weighted by molar-refractivity contribution is 7.18. The molecule has 0 saturated heterocycles. The number of halogens is 1. The van der Waals surface area contributed by atoms with Gasteiger partial charge in [-0.1, -0.05) is 59.2 Å². The van der Waals surface area contributed by atoms with Crippen LogP contribution >= 0.6 is 22.9 Å². The molecule has 4 aromatic rings. The van der Waals surface area contributed by atoms with Gasteiger partial charge in [-0.2, -0.15) is 0 Å². The third-order valence-corrected chi connectivity index (χ3v) is 6.25. The first-order chi connectivity index (χ1) is 15.0. The van der Waals surface area contributed by atoms with Crippen molar-refractivity contribution in [1.82, 2.24) is 10.1 Å². The Hall–Kier alpha value is -2.73. The minimum absolute atomic E-state index is 0.0642. The first kappa shape index (κ1) is 21.5. The van der Waals surface area contributed by atoms with Crippen LogP contribution in [-0.4, -0.2) is 29.9 Å². The van der Waals surface area contributed by atoms with Crippen LogP contribution in [0.15, 0.2) is 71.3 Å². The van der Waals surface area contributed by atoms with E-state index in [1.165, 1.54) is 22.5 Å². The van der Waals surface area contributed by atoms with Crippen molar-refractivity contribution in [3.05, 3.63) is 87.3 Å². The Bertz CT molecular complexity index is 1200. The molecule has 0 amide bonds. The van der Waals surface area contributed by atoms with Gasteiger partial charge in [0.1, 0.15) is 11.5 Å². The molecule has 4 rings (SSSR count). The summed E-state index contributed by atoms with van der Waals surface area (Å²) in [5.74, 6) is 0.763. The largest absolute Gasteiger partial charge is 0.361 e. The molecule has 0 aliphatic rings. The minimum Gasteiger partial charge on any atom is -0.361 e. The molecule has 0 fully saturated rings. The number of carbonyl (C=O) groups excluding carboxylic acids is 1. The predicted octanol–water partition coefficient (Wildman–Crippen LogP) is 6.60. The van der Waals surface area contributed by atoms with Crippen LogP contribution in [0.1, 0.15) is 27.4 Å². The van der Waals surface area contributed by atoms with Gasteiger partial charge in [0.05, 0.1) is 9.21 Å². The smallest absolute Gasteiger partial charge is 0.173 e. The summed E-state index contributed by atoms with van der Waals surface area (Å²) in [6, 6.07) is 22.2. The maximum absolute atomic E-state index is 12.3. The van der Waals surface area contributed by atoms with Gasteiger partial charge in [-0.05, 0) is 49.0 Å². The van der Waals surface area contributed by atoms with Gasteiger partial charge in [-0.25, -0.2) is 0 Å². The topological polar surface area (TPSA) is 46.3 Å². The Labute approximate surface area is 191 Å². The van der Waals surface area contributed by atoms with Gasteiger partial charge in [-0.15, -0.1) is 11.3 Å². The zero-order valence-corrected chi connectivity index (χ0v) is 19.0. The van der Waals surface area contributed by atoms with Crippen molar-refractivity contribution in [1.29, 1.82) is 0 Å². The molecule has 158 valence electrons. The SMILES string of the molecule is CN(C)Cc1ccccc1-c1cccc(-c2cc(CCC(=O)c3ccc(Cl)s3)on2)c1. The normalized spacial score (nSPS) is 11.2. The van der Waals surface area contributed by atoms with E-state index < -0.39 is 0 Å². The van der Waals surface area contributed by atoms with Crippen LogP contribution in [0.4, 0.5) is 0 Å². The molecule has 0 aliphatic carbocycles. The van der Waals surface area contributed by atoms with Gasteiger partial charge in [0.15, 0.2) is 5.78 Å². The quantitative estimate of drug-likeness (QED) is 0.284. The van der Waals surface area contributed by atoms with E-state index in [4.69, 9.17) is 16.1 Å². The first-order valence-corrected chi connectivity index (χ1v) is 11.3. The highest BCUT2D eigenvalue weighted by Crippen LogP contribution is 2.29. The fourth-order valence-electron chi connectivity index (χ4n) is 3.52. The lowest BCUT2D eigenvalue weighted by Crippen LogP contribution is -2.11. The molecule has 6 heteroatoms. The Morgan fingerprint density at radius 3 is 2.61 bits per heavy atom. The van der Waals surface area contributed by atoms with Crippen molar-refractivity contribution in [2.75, 3.05) is 14.1 Å². The summed E-state index contributed by atoms with van der Waals surface area (Å²) < 4.78 is 6.12. The number of hydrogen-bond donors (Lipinski definition) is 0. The van der Waals surface area contributed by atoms with Crippen molar-refractivity contribution in [2.24, 2.45) is 0 Å². The second-order valence-electron chi connectivity index (χ2n) is 7.68. The van der Waals surface area contributed by atoms with E-state index in [0.29, 0.717) is 27.8 Å². The molecule has 0 aliphatic heterocycles. The number of aromatic nitrogens is 1. The van der Waals surface area contributed by atoms with Crippen molar-refractivity contribution in [2.45, 2.75) is 19.4 Å². The Balaban J connectivity index is 1.50. The third kappa shape index (κ3) is 5.31. The van der Waals surface area contributed by atoms with E-state index in [1.807, 2.05) is 18.2 Å². The first-order valence-electron chi connectivity index (χ1n) is 10.1. The van der Waals surface area contributed by atoms with E-state index in [-0.39, 0.29) is 5.78 Å². The van der Waals surface area contributed by atoms with Crippen molar-refractivity contribution in [3.63, 3.8) is 0 Å². The van der Waals surface area contributed by atoms with Crippen LogP contribution < -0.4 is 0 Å². The number of carbonyl (C=O) groups is 1. The molecule has 0 bridgehead atoms. The standard InChI is InChI=1S/C25H23ClN2O2S/c1-28(2)16-19-6-3-4-9-21(19)17-7-5-8-18(14-17)22-15-20(30-27-22)10-11-23(29)24-12-13-25(26)31-24/h3-9,12-15H,10-11,16H2,1-2H3. The molecule has 2 heterocycles. The van der Waals surface area contributed by atoms with E-state index >= 15 is 0 Å². The van der Waals surface area contributed by atoms with Gasteiger partial charge in [0.25, 0.3) is 0 Å². The lowest BCUT2D eigenvalue weighted by Gasteiger charge is -2.14. The van der Waals surface area contributed by atoms with Crippen molar-refractivity contribution < 1.29 is 9.32 Å². The monoisotopic (exact) mass is 450 g/mol. The summed E-state index contributed by atoms with van der Waals surface area (Å²) >= 11 is 7.22. The molecule has 4 nitrogen and oxygen atoms in total. The van der Waals surface area contributed by atoms with Crippen LogP contribution in [0.2, 0.25) is 4.34 Å². The van der Waals surface area contributed by atoms with E-state index in [1.54, 1.807) is 12.1 Å². The minimum atomic E-state index is 0.0642. The summed E-state index contributed by atoms with van der Waals surface area (Å²) in [7, 11) is 4.14. The molecule has 2 aromatic heterocycles. The molecular formula is C25H23ClN2O2S. The number of hydrogen-bond acceptors (Lipinski definition) is 5. The van der Waals surface area contributed by atoms with Gasteiger partial charge in [0.2, 0.25) is 0 Å². The van der Waals surface area contributed by atoms with Crippen LogP contribution in [0.25, 0.3) is 22.4 Å². The fraction of sp³-hybridized carbons (Fsp3) is 0.200. The Morgan fingerprint density at radius 2 is 1.84 bits per heavy atom. The number of Topliss-reactive ketones (excluding diaryl/α,β-unsaturated/α-hetero) is 1. The van der Waals surface area contributed by atoms with E-state index in [0.717, 1.165) is 23.4 Å². The second kappa shape index (κ2) is 9.60. The van der Waals surface area contributed by atoms with Crippen LogP contribution in [0.5, 0.6) is 0 Å².